The van der Waals surface area contributed by atoms with Gasteiger partial charge in [-0.3, -0.25) is 9.59 Å². The summed E-state index contributed by atoms with van der Waals surface area (Å²) >= 11 is 0. The Labute approximate surface area is 175 Å². The van der Waals surface area contributed by atoms with Crippen LogP contribution in [0.15, 0.2) is 24.3 Å². The van der Waals surface area contributed by atoms with E-state index in [1.54, 1.807) is 0 Å². The smallest absolute Gasteiger partial charge is 0.234 e. The molecular formula is C22H38N4O3. The van der Waals surface area contributed by atoms with Crippen molar-refractivity contribution < 1.29 is 14.3 Å². The van der Waals surface area contributed by atoms with Crippen LogP contribution in [-0.4, -0.2) is 57.2 Å². The maximum atomic E-state index is 11.8. The van der Waals surface area contributed by atoms with Crippen molar-refractivity contribution in [2.75, 3.05) is 32.8 Å². The molecule has 0 aliphatic carbocycles. The third-order valence-corrected chi connectivity index (χ3v) is 4.52. The fourth-order valence-corrected chi connectivity index (χ4v) is 3.00. The Balaban J connectivity index is 2.18. The van der Waals surface area contributed by atoms with Crippen LogP contribution >= 0.6 is 0 Å². The van der Waals surface area contributed by atoms with Crippen LogP contribution in [0.25, 0.3) is 0 Å². The lowest BCUT2D eigenvalue weighted by atomic mass is 10.1. The van der Waals surface area contributed by atoms with Crippen molar-refractivity contribution in [3.05, 3.63) is 29.8 Å². The average molecular weight is 407 g/mol. The third-order valence-electron chi connectivity index (χ3n) is 4.52. The Morgan fingerprint density at radius 3 is 2.69 bits per heavy atom. The molecule has 2 atom stereocenters. The second-order valence-electron chi connectivity index (χ2n) is 7.38. The monoisotopic (exact) mass is 406 g/mol. The lowest BCUT2D eigenvalue weighted by molar-refractivity contribution is -0.120. The fourth-order valence-electron chi connectivity index (χ4n) is 3.00. The second kappa shape index (κ2) is 15.8. The first-order chi connectivity index (χ1) is 14.1. The van der Waals surface area contributed by atoms with E-state index in [2.05, 4.69) is 41.2 Å². The molecule has 0 heterocycles. The van der Waals surface area contributed by atoms with Gasteiger partial charge < -0.3 is 26.0 Å². The van der Waals surface area contributed by atoms with Crippen LogP contribution in [0, 0.1) is 0 Å². The first-order valence-corrected chi connectivity index (χ1v) is 10.7. The molecule has 0 aromatic heterocycles. The summed E-state index contributed by atoms with van der Waals surface area (Å²) in [6, 6.07) is 8.44. The van der Waals surface area contributed by atoms with Gasteiger partial charge in [0.05, 0.1) is 6.54 Å². The number of amides is 2. The number of benzene rings is 1. The molecule has 0 aliphatic rings. The van der Waals surface area contributed by atoms with Gasteiger partial charge in [0, 0.05) is 31.7 Å². The predicted molar refractivity (Wildman–Crippen MR) is 117 cm³/mol. The molecule has 7 nitrogen and oxygen atoms in total. The van der Waals surface area contributed by atoms with Crippen molar-refractivity contribution in [1.29, 1.82) is 0 Å². The van der Waals surface area contributed by atoms with E-state index in [-0.39, 0.29) is 18.0 Å². The number of rotatable bonds is 17. The minimum absolute atomic E-state index is 0.0438. The maximum Gasteiger partial charge on any atom is 0.234 e. The Kier molecular flexibility index (Phi) is 13.5. The normalized spacial score (nSPS) is 12.8. The van der Waals surface area contributed by atoms with E-state index in [9.17, 15) is 9.59 Å². The van der Waals surface area contributed by atoms with E-state index in [1.165, 1.54) is 0 Å². The van der Waals surface area contributed by atoms with E-state index in [4.69, 9.17) is 4.74 Å². The summed E-state index contributed by atoms with van der Waals surface area (Å²) in [5.41, 5.74) is 1.15. The minimum Gasteiger partial charge on any atom is -0.492 e. The third kappa shape index (κ3) is 12.1. The molecule has 0 fully saturated rings. The van der Waals surface area contributed by atoms with Gasteiger partial charge in [0.25, 0.3) is 0 Å². The summed E-state index contributed by atoms with van der Waals surface area (Å²) in [6.07, 6.45) is 4.54. The maximum absolute atomic E-state index is 11.8. The summed E-state index contributed by atoms with van der Waals surface area (Å²) in [7, 11) is 0. The zero-order valence-electron chi connectivity index (χ0n) is 18.1. The molecule has 2 amide bonds. The molecule has 1 aromatic rings. The topological polar surface area (TPSA) is 91.5 Å². The number of aryl methyl sites for hydroxylation is 1. The van der Waals surface area contributed by atoms with Gasteiger partial charge in [0.2, 0.25) is 12.3 Å². The van der Waals surface area contributed by atoms with Crippen molar-refractivity contribution in [3.8, 4) is 5.75 Å². The standard InChI is InChI=1S/C22H38N4O3/c1-4-8-18(2)26-22(28)15-23-13-14-25-19(3)16-29-21-11-6-5-9-20(21)10-7-12-24-17-27/h5-6,9,11,17-19,23,25H,4,7-8,10,12-16H2,1-3H3,(H,24,27)(H,26,28)/t18?,19-/m0/s1. The molecule has 1 rings (SSSR count). The highest BCUT2D eigenvalue weighted by Gasteiger charge is 2.08. The van der Waals surface area contributed by atoms with Gasteiger partial charge in [-0.25, -0.2) is 0 Å². The number of nitrogens with one attached hydrogen (secondary N) is 4. The second-order valence-corrected chi connectivity index (χ2v) is 7.38. The van der Waals surface area contributed by atoms with E-state index in [1.807, 2.05) is 25.1 Å². The zero-order chi connectivity index (χ0) is 21.3. The highest BCUT2D eigenvalue weighted by Crippen LogP contribution is 2.19. The van der Waals surface area contributed by atoms with Crippen LogP contribution in [0.2, 0.25) is 0 Å². The van der Waals surface area contributed by atoms with E-state index in [0.29, 0.717) is 19.7 Å². The van der Waals surface area contributed by atoms with Crippen LogP contribution in [-0.2, 0) is 16.0 Å². The van der Waals surface area contributed by atoms with Gasteiger partial charge in [0.1, 0.15) is 12.4 Å². The SMILES string of the molecule is CCCC(C)NC(=O)CNCCN[C@@H](C)COc1ccccc1CCCNC=O. The van der Waals surface area contributed by atoms with Crippen LogP contribution in [0.3, 0.4) is 0 Å². The average Bonchev–Trinajstić information content (AvgIpc) is 2.70. The van der Waals surface area contributed by atoms with Gasteiger partial charge >= 0.3 is 0 Å². The van der Waals surface area contributed by atoms with E-state index in [0.717, 1.165) is 56.5 Å². The molecular weight excluding hydrogens is 368 g/mol. The van der Waals surface area contributed by atoms with Crippen LogP contribution in [0.5, 0.6) is 5.75 Å². The van der Waals surface area contributed by atoms with Crippen molar-refractivity contribution in [3.63, 3.8) is 0 Å². The molecule has 0 saturated heterocycles. The molecule has 164 valence electrons. The Morgan fingerprint density at radius 2 is 1.93 bits per heavy atom. The van der Waals surface area contributed by atoms with Gasteiger partial charge in [-0.1, -0.05) is 31.5 Å². The Morgan fingerprint density at radius 1 is 1.14 bits per heavy atom. The van der Waals surface area contributed by atoms with Crippen LogP contribution < -0.4 is 26.0 Å². The quantitative estimate of drug-likeness (QED) is 0.233. The van der Waals surface area contributed by atoms with Gasteiger partial charge in [0.15, 0.2) is 0 Å². The van der Waals surface area contributed by atoms with Crippen molar-refractivity contribution >= 4 is 12.3 Å². The highest BCUT2D eigenvalue weighted by atomic mass is 16.5. The van der Waals surface area contributed by atoms with Gasteiger partial charge in [-0.2, -0.15) is 0 Å². The molecule has 1 aromatic carbocycles. The molecule has 0 bridgehead atoms. The van der Waals surface area contributed by atoms with E-state index >= 15 is 0 Å². The molecule has 29 heavy (non-hydrogen) atoms. The summed E-state index contributed by atoms with van der Waals surface area (Å²) < 4.78 is 5.98. The van der Waals surface area contributed by atoms with Crippen molar-refractivity contribution in [2.24, 2.45) is 0 Å². The van der Waals surface area contributed by atoms with Gasteiger partial charge in [-0.05, 0) is 44.7 Å². The number of hydrogen-bond acceptors (Lipinski definition) is 5. The molecule has 0 spiro atoms. The summed E-state index contributed by atoms with van der Waals surface area (Å²) in [4.78, 5) is 22.1. The first-order valence-electron chi connectivity index (χ1n) is 10.7. The summed E-state index contributed by atoms with van der Waals surface area (Å²) in [5.74, 6) is 0.936. The van der Waals surface area contributed by atoms with Crippen LogP contribution in [0.4, 0.5) is 0 Å². The number of hydrogen-bond donors (Lipinski definition) is 4. The first kappa shape index (κ1) is 24.9. The molecule has 7 heteroatoms. The molecule has 1 unspecified atom stereocenters. The molecule has 4 N–H and O–H groups in total. The lowest BCUT2D eigenvalue weighted by Crippen LogP contribution is -2.42. The number of para-hydroxylation sites is 1. The number of ether oxygens (including phenoxy) is 1. The van der Waals surface area contributed by atoms with Gasteiger partial charge in [-0.15, -0.1) is 0 Å². The number of carbonyl (C=O) groups excluding carboxylic acids is 2. The molecule has 0 aliphatic heterocycles. The largest absolute Gasteiger partial charge is 0.492 e. The summed E-state index contributed by atoms with van der Waals surface area (Å²) in [6.45, 7) is 9.29. The highest BCUT2D eigenvalue weighted by molar-refractivity contribution is 5.78. The fraction of sp³-hybridized carbons (Fsp3) is 0.636. The number of carbonyl (C=O) groups is 2. The zero-order valence-corrected chi connectivity index (χ0v) is 18.1. The Bertz CT molecular complexity index is 583. The van der Waals surface area contributed by atoms with Crippen LogP contribution in [0.1, 0.15) is 45.6 Å². The minimum atomic E-state index is 0.0438. The lowest BCUT2D eigenvalue weighted by Gasteiger charge is -2.17. The Hall–Kier alpha value is -2.12. The van der Waals surface area contributed by atoms with E-state index < -0.39 is 0 Å². The molecule has 0 radical (unpaired) electrons. The predicted octanol–water partition coefficient (Wildman–Crippen LogP) is 1.62. The summed E-state index contributed by atoms with van der Waals surface area (Å²) in [5, 5.41) is 12.2. The van der Waals surface area contributed by atoms with Crippen molar-refractivity contribution in [1.82, 2.24) is 21.3 Å². The molecule has 0 saturated carbocycles. The van der Waals surface area contributed by atoms with Crippen molar-refractivity contribution in [2.45, 2.75) is 58.5 Å².